The highest BCUT2D eigenvalue weighted by atomic mass is 32.2. The second-order valence-corrected chi connectivity index (χ2v) is 14.9. The second-order valence-electron chi connectivity index (χ2n) is 13.1. The lowest BCUT2D eigenvalue weighted by Crippen LogP contribution is -2.51. The van der Waals surface area contributed by atoms with Crippen molar-refractivity contribution in [2.24, 2.45) is 5.92 Å². The molecule has 1 saturated carbocycles. The molecular weight excluding hydrogens is 582 g/mol. The van der Waals surface area contributed by atoms with Crippen LogP contribution in [0.5, 0.6) is 11.5 Å². The topological polar surface area (TPSA) is 129 Å². The second kappa shape index (κ2) is 12.8. The number of carbonyl (C=O) groups is 2. The van der Waals surface area contributed by atoms with Gasteiger partial charge in [-0.3, -0.25) is 14.4 Å². The van der Waals surface area contributed by atoms with Crippen molar-refractivity contribution >= 4 is 39.0 Å². The van der Waals surface area contributed by atoms with E-state index in [0.717, 1.165) is 67.6 Å². The average molecular weight is 628 g/mol. The summed E-state index contributed by atoms with van der Waals surface area (Å²) < 4.78 is 38.3. The van der Waals surface area contributed by atoms with Gasteiger partial charge in [0.15, 0.2) is 5.75 Å². The Morgan fingerprint density at radius 2 is 1.73 bits per heavy atom. The Labute approximate surface area is 260 Å². The van der Waals surface area contributed by atoms with Crippen molar-refractivity contribution in [2.45, 2.75) is 58.3 Å². The number of carbonyl (C=O) groups excluding carboxylic acids is 2. The SMILES string of the molecule is COc1c(NC(=O)Nc2ccc(OCCN3CCN(CC4CC4)C(=O)C3)c3c2CCC3)cc(C(C)(C)C)cc1NS(C)(=O)=O. The molecule has 44 heavy (non-hydrogen) atoms. The van der Waals surface area contributed by atoms with Crippen LogP contribution in [0, 0.1) is 5.92 Å². The molecule has 2 fully saturated rings. The Bertz CT molecular complexity index is 1520. The molecule has 0 radical (unpaired) electrons. The number of fused-ring (bicyclic) bond motifs is 1. The van der Waals surface area contributed by atoms with E-state index >= 15 is 0 Å². The molecule has 0 unspecified atom stereocenters. The Morgan fingerprint density at radius 3 is 2.39 bits per heavy atom. The van der Waals surface area contributed by atoms with E-state index in [9.17, 15) is 18.0 Å². The van der Waals surface area contributed by atoms with Crippen LogP contribution < -0.4 is 24.8 Å². The molecule has 2 aromatic carbocycles. The first kappa shape index (κ1) is 31.9. The molecule has 1 saturated heterocycles. The van der Waals surface area contributed by atoms with Crippen molar-refractivity contribution in [3.8, 4) is 11.5 Å². The zero-order valence-corrected chi connectivity index (χ0v) is 27.2. The number of urea groups is 1. The number of methoxy groups -OCH3 is 1. The summed E-state index contributed by atoms with van der Waals surface area (Å²) in [5.74, 6) is 1.96. The fraction of sp³-hybridized carbons (Fsp3) is 0.562. The van der Waals surface area contributed by atoms with E-state index in [-0.39, 0.29) is 22.8 Å². The van der Waals surface area contributed by atoms with Gasteiger partial charge in [-0.2, -0.15) is 0 Å². The lowest BCUT2D eigenvalue weighted by Gasteiger charge is -2.34. The molecule has 3 amide bonds. The van der Waals surface area contributed by atoms with Gasteiger partial charge in [-0.1, -0.05) is 20.8 Å². The molecule has 11 nitrogen and oxygen atoms in total. The summed E-state index contributed by atoms with van der Waals surface area (Å²) in [4.78, 5) is 30.0. The summed E-state index contributed by atoms with van der Waals surface area (Å²) >= 11 is 0. The Hall–Kier alpha value is -3.51. The first-order valence-electron chi connectivity index (χ1n) is 15.4. The first-order valence-corrected chi connectivity index (χ1v) is 17.3. The molecule has 5 rings (SSSR count). The molecule has 0 aromatic heterocycles. The molecule has 0 bridgehead atoms. The number of piperazine rings is 1. The quantitative estimate of drug-likeness (QED) is 0.336. The highest BCUT2D eigenvalue weighted by Gasteiger charge is 2.30. The molecular formula is C32H45N5O6S. The van der Waals surface area contributed by atoms with Gasteiger partial charge in [0.1, 0.15) is 12.4 Å². The van der Waals surface area contributed by atoms with Gasteiger partial charge < -0.3 is 25.0 Å². The summed E-state index contributed by atoms with van der Waals surface area (Å²) in [6.45, 7) is 10.2. The van der Waals surface area contributed by atoms with Crippen LogP contribution in [0.15, 0.2) is 24.3 Å². The lowest BCUT2D eigenvalue weighted by molar-refractivity contribution is -0.136. The molecule has 240 valence electrons. The van der Waals surface area contributed by atoms with Gasteiger partial charge in [-0.15, -0.1) is 0 Å². The maximum atomic E-state index is 13.3. The van der Waals surface area contributed by atoms with E-state index in [2.05, 4.69) is 20.3 Å². The number of hydrogen-bond donors (Lipinski definition) is 3. The zero-order chi connectivity index (χ0) is 31.6. The summed E-state index contributed by atoms with van der Waals surface area (Å²) in [7, 11) is -2.15. The molecule has 1 aliphatic heterocycles. The highest BCUT2D eigenvalue weighted by molar-refractivity contribution is 7.92. The minimum atomic E-state index is -3.59. The van der Waals surface area contributed by atoms with Crippen molar-refractivity contribution in [3.05, 3.63) is 41.0 Å². The van der Waals surface area contributed by atoms with Crippen LogP contribution in [-0.4, -0.2) is 82.9 Å². The van der Waals surface area contributed by atoms with E-state index in [1.165, 1.54) is 20.0 Å². The van der Waals surface area contributed by atoms with E-state index in [4.69, 9.17) is 9.47 Å². The van der Waals surface area contributed by atoms with Crippen molar-refractivity contribution in [3.63, 3.8) is 0 Å². The lowest BCUT2D eigenvalue weighted by atomic mass is 9.86. The normalized spacial score (nSPS) is 17.3. The van der Waals surface area contributed by atoms with Crippen LogP contribution in [0.4, 0.5) is 21.9 Å². The largest absolute Gasteiger partial charge is 0.492 e. The molecule has 12 heteroatoms. The summed E-state index contributed by atoms with van der Waals surface area (Å²) in [6.07, 6.45) is 6.22. The van der Waals surface area contributed by atoms with Gasteiger partial charge in [0.05, 0.1) is 31.3 Å². The third-order valence-electron chi connectivity index (χ3n) is 8.43. The standard InChI is InChI=1S/C32H45N5O6S/c1-32(2,3)22-17-26(30(42-4)27(18-22)35-44(5,40)41)34-31(39)33-25-11-12-28(24-8-6-7-23(24)25)43-16-15-36-13-14-37(29(38)20-36)19-21-9-10-21/h11-12,17-18,21,35H,6-10,13-16,19-20H2,1-5H3,(H2,33,34,39). The number of hydrogen-bond acceptors (Lipinski definition) is 7. The number of sulfonamides is 1. The van der Waals surface area contributed by atoms with Gasteiger partial charge in [0.2, 0.25) is 15.9 Å². The van der Waals surface area contributed by atoms with E-state index in [0.29, 0.717) is 37.0 Å². The van der Waals surface area contributed by atoms with Gasteiger partial charge in [-0.25, -0.2) is 13.2 Å². The monoisotopic (exact) mass is 627 g/mol. The van der Waals surface area contributed by atoms with Crippen LogP contribution >= 0.6 is 0 Å². The molecule has 1 heterocycles. The van der Waals surface area contributed by atoms with Crippen LogP contribution in [0.2, 0.25) is 0 Å². The Balaban J connectivity index is 1.23. The molecule has 0 spiro atoms. The molecule has 2 aliphatic carbocycles. The third-order valence-corrected chi connectivity index (χ3v) is 9.02. The van der Waals surface area contributed by atoms with Crippen LogP contribution in [0.3, 0.4) is 0 Å². The van der Waals surface area contributed by atoms with Crippen molar-refractivity contribution in [1.82, 2.24) is 9.80 Å². The van der Waals surface area contributed by atoms with Gasteiger partial charge in [0, 0.05) is 31.9 Å². The maximum Gasteiger partial charge on any atom is 0.323 e. The van der Waals surface area contributed by atoms with Crippen molar-refractivity contribution in [2.75, 3.05) is 68.1 Å². The number of ether oxygens (including phenoxy) is 2. The smallest absolute Gasteiger partial charge is 0.323 e. The number of benzene rings is 2. The average Bonchev–Trinajstić information content (AvgIpc) is 3.61. The summed E-state index contributed by atoms with van der Waals surface area (Å²) in [5, 5.41) is 5.85. The van der Waals surface area contributed by atoms with Crippen LogP contribution in [0.1, 0.15) is 56.7 Å². The van der Waals surface area contributed by atoms with E-state index in [1.54, 1.807) is 12.1 Å². The first-order chi connectivity index (χ1) is 20.8. The minimum Gasteiger partial charge on any atom is -0.492 e. The molecule has 3 aliphatic rings. The number of nitrogens with one attached hydrogen (secondary N) is 3. The number of rotatable bonds is 11. The van der Waals surface area contributed by atoms with E-state index < -0.39 is 16.1 Å². The number of amides is 3. The summed E-state index contributed by atoms with van der Waals surface area (Å²) in [6, 6.07) is 6.81. The maximum absolute atomic E-state index is 13.3. The molecule has 0 atom stereocenters. The Morgan fingerprint density at radius 1 is 1.02 bits per heavy atom. The van der Waals surface area contributed by atoms with Gasteiger partial charge in [0.25, 0.3) is 0 Å². The van der Waals surface area contributed by atoms with Crippen LogP contribution in [-0.2, 0) is 33.1 Å². The fourth-order valence-corrected chi connectivity index (χ4v) is 6.44. The summed E-state index contributed by atoms with van der Waals surface area (Å²) in [5.41, 5.74) is 3.98. The predicted octanol–water partition coefficient (Wildman–Crippen LogP) is 4.43. The number of nitrogens with zero attached hydrogens (tertiary/aromatic N) is 2. The highest BCUT2D eigenvalue weighted by Crippen LogP contribution is 2.40. The van der Waals surface area contributed by atoms with E-state index in [1.807, 2.05) is 37.8 Å². The predicted molar refractivity (Wildman–Crippen MR) is 173 cm³/mol. The third kappa shape index (κ3) is 7.95. The van der Waals surface area contributed by atoms with Gasteiger partial charge in [-0.05, 0) is 84.4 Å². The zero-order valence-electron chi connectivity index (χ0n) is 26.4. The molecule has 2 aromatic rings. The fourth-order valence-electron chi connectivity index (χ4n) is 5.89. The van der Waals surface area contributed by atoms with Crippen molar-refractivity contribution < 1.29 is 27.5 Å². The number of anilines is 3. The van der Waals surface area contributed by atoms with Crippen LogP contribution in [0.25, 0.3) is 0 Å². The minimum absolute atomic E-state index is 0.211. The van der Waals surface area contributed by atoms with Crippen molar-refractivity contribution in [1.29, 1.82) is 0 Å². The molecule has 3 N–H and O–H groups in total. The Kier molecular flexibility index (Phi) is 9.31. The van der Waals surface area contributed by atoms with Gasteiger partial charge >= 0.3 is 6.03 Å².